The van der Waals surface area contributed by atoms with E-state index >= 15 is 0 Å². The molecule has 1 atom stereocenters. The molecule has 1 aromatic carbocycles. The Morgan fingerprint density at radius 2 is 1.93 bits per heavy atom. The lowest BCUT2D eigenvalue weighted by atomic mass is 10.0. The van der Waals surface area contributed by atoms with E-state index in [4.69, 9.17) is 19.0 Å². The van der Waals surface area contributed by atoms with Crippen LogP contribution in [0.5, 0.6) is 11.5 Å². The van der Waals surface area contributed by atoms with Crippen LogP contribution >= 0.6 is 0 Å². The lowest BCUT2D eigenvalue weighted by molar-refractivity contribution is -0.137. The lowest BCUT2D eigenvalue weighted by Crippen LogP contribution is -2.26. The van der Waals surface area contributed by atoms with Gasteiger partial charge in [0.05, 0.1) is 19.9 Å². The highest BCUT2D eigenvalue weighted by Crippen LogP contribution is 2.36. The maximum absolute atomic E-state index is 12.8. The average molecular weight is 400 g/mol. The molecule has 29 heavy (non-hydrogen) atoms. The highest BCUT2D eigenvalue weighted by Gasteiger charge is 2.35. The van der Waals surface area contributed by atoms with Gasteiger partial charge in [0, 0.05) is 24.8 Å². The Labute approximate surface area is 168 Å². The molecule has 8 heteroatoms. The van der Waals surface area contributed by atoms with Crippen LogP contribution in [0.15, 0.2) is 39.9 Å². The first-order valence-corrected chi connectivity index (χ1v) is 9.33. The number of furan rings is 1. The van der Waals surface area contributed by atoms with Crippen molar-refractivity contribution in [1.29, 1.82) is 0 Å². The lowest BCUT2D eigenvalue weighted by Gasteiger charge is -2.19. The fourth-order valence-electron chi connectivity index (χ4n) is 3.29. The van der Waals surface area contributed by atoms with E-state index in [2.05, 4.69) is 5.10 Å². The Morgan fingerprint density at radius 1 is 1.17 bits per heavy atom. The van der Waals surface area contributed by atoms with E-state index in [1.807, 2.05) is 31.2 Å². The number of rotatable bonds is 8. The molecule has 1 aromatic heterocycles. The molecule has 0 saturated heterocycles. The number of carboxylic acid groups (broad SMARTS) is 1. The van der Waals surface area contributed by atoms with Gasteiger partial charge in [0.15, 0.2) is 11.5 Å². The van der Waals surface area contributed by atoms with Crippen LogP contribution < -0.4 is 9.47 Å². The standard InChI is InChI=1S/C21H24N2O6/c1-13-7-9-17(29-13)16-12-15(14-8-10-18(27-2)19(11-14)28-3)22-23(16)20(24)5-4-6-21(25)26/h7-11,16H,4-6,12H2,1-3H3,(H,25,26). The Morgan fingerprint density at radius 3 is 2.55 bits per heavy atom. The van der Waals surface area contributed by atoms with Gasteiger partial charge in [-0.05, 0) is 43.7 Å². The zero-order valence-corrected chi connectivity index (χ0v) is 16.7. The quantitative estimate of drug-likeness (QED) is 0.727. The molecule has 1 aliphatic rings. The second kappa shape index (κ2) is 8.81. The molecule has 0 spiro atoms. The van der Waals surface area contributed by atoms with Gasteiger partial charge in [-0.2, -0.15) is 5.10 Å². The van der Waals surface area contributed by atoms with E-state index in [0.29, 0.717) is 23.7 Å². The molecule has 0 bridgehead atoms. The number of carboxylic acids is 1. The monoisotopic (exact) mass is 400 g/mol. The van der Waals surface area contributed by atoms with Gasteiger partial charge in [-0.15, -0.1) is 0 Å². The van der Waals surface area contributed by atoms with Crippen molar-refractivity contribution in [1.82, 2.24) is 5.01 Å². The second-order valence-electron chi connectivity index (χ2n) is 6.77. The van der Waals surface area contributed by atoms with E-state index in [1.54, 1.807) is 20.3 Å². The van der Waals surface area contributed by atoms with Gasteiger partial charge in [0.25, 0.3) is 0 Å². The van der Waals surface area contributed by atoms with Crippen LogP contribution in [0, 0.1) is 6.92 Å². The molecular formula is C21H24N2O6. The Kier molecular flexibility index (Phi) is 6.21. The van der Waals surface area contributed by atoms with Crippen LogP contribution in [0.2, 0.25) is 0 Å². The van der Waals surface area contributed by atoms with E-state index in [9.17, 15) is 9.59 Å². The molecule has 1 unspecified atom stereocenters. The van der Waals surface area contributed by atoms with Crippen molar-refractivity contribution < 1.29 is 28.6 Å². The first kappa shape index (κ1) is 20.4. The number of hydrazone groups is 1. The normalized spacial score (nSPS) is 15.9. The third-order valence-corrected chi connectivity index (χ3v) is 4.75. The number of ether oxygens (including phenoxy) is 2. The van der Waals surface area contributed by atoms with Gasteiger partial charge in [-0.1, -0.05) is 0 Å². The summed E-state index contributed by atoms with van der Waals surface area (Å²) in [5.41, 5.74) is 1.54. The summed E-state index contributed by atoms with van der Waals surface area (Å²) in [7, 11) is 3.13. The van der Waals surface area contributed by atoms with Gasteiger partial charge >= 0.3 is 5.97 Å². The first-order chi connectivity index (χ1) is 13.9. The maximum Gasteiger partial charge on any atom is 0.303 e. The number of carbonyl (C=O) groups is 2. The maximum atomic E-state index is 12.8. The average Bonchev–Trinajstić information content (AvgIpc) is 3.33. The molecule has 1 aliphatic heterocycles. The van der Waals surface area contributed by atoms with Crippen molar-refractivity contribution in [3.63, 3.8) is 0 Å². The van der Waals surface area contributed by atoms with E-state index in [0.717, 1.165) is 17.0 Å². The number of hydrogen-bond acceptors (Lipinski definition) is 6. The van der Waals surface area contributed by atoms with Crippen molar-refractivity contribution in [2.24, 2.45) is 5.10 Å². The molecule has 1 amide bonds. The minimum Gasteiger partial charge on any atom is -0.493 e. The highest BCUT2D eigenvalue weighted by atomic mass is 16.5. The van der Waals surface area contributed by atoms with Crippen LogP contribution in [0.1, 0.15) is 48.8 Å². The molecular weight excluding hydrogens is 376 g/mol. The summed E-state index contributed by atoms with van der Waals surface area (Å²) in [6.07, 6.45) is 0.782. The van der Waals surface area contributed by atoms with Crippen molar-refractivity contribution in [2.45, 2.75) is 38.6 Å². The Bertz CT molecular complexity index is 933. The number of amides is 1. The summed E-state index contributed by atoms with van der Waals surface area (Å²) in [6.45, 7) is 1.84. The predicted octanol–water partition coefficient (Wildman–Crippen LogP) is 3.54. The molecule has 8 nitrogen and oxygen atoms in total. The molecule has 0 fully saturated rings. The number of aryl methyl sites for hydroxylation is 1. The highest BCUT2D eigenvalue weighted by molar-refractivity contribution is 6.03. The van der Waals surface area contributed by atoms with Crippen molar-refractivity contribution in [2.75, 3.05) is 14.2 Å². The van der Waals surface area contributed by atoms with Crippen LogP contribution in [0.25, 0.3) is 0 Å². The number of hydrogen-bond donors (Lipinski definition) is 1. The largest absolute Gasteiger partial charge is 0.493 e. The van der Waals surface area contributed by atoms with Gasteiger partial charge in [0.1, 0.15) is 17.6 Å². The number of aliphatic carboxylic acids is 1. The van der Waals surface area contributed by atoms with Gasteiger partial charge in [0.2, 0.25) is 5.91 Å². The Balaban J connectivity index is 1.88. The predicted molar refractivity (Wildman–Crippen MR) is 105 cm³/mol. The number of methoxy groups -OCH3 is 2. The molecule has 0 aliphatic carbocycles. The summed E-state index contributed by atoms with van der Waals surface area (Å²) >= 11 is 0. The number of benzene rings is 1. The second-order valence-corrected chi connectivity index (χ2v) is 6.77. The molecule has 3 rings (SSSR count). The molecule has 2 heterocycles. The van der Waals surface area contributed by atoms with Crippen LogP contribution in [-0.4, -0.2) is 41.9 Å². The van der Waals surface area contributed by atoms with Crippen LogP contribution in [-0.2, 0) is 9.59 Å². The SMILES string of the molecule is COc1ccc(C2=NN(C(=O)CCCC(=O)O)C(c3ccc(C)o3)C2)cc1OC. The summed E-state index contributed by atoms with van der Waals surface area (Å²) in [5.74, 6) is 1.41. The fraction of sp³-hybridized carbons (Fsp3) is 0.381. The topological polar surface area (TPSA) is 102 Å². The van der Waals surface area contributed by atoms with Crippen molar-refractivity contribution >= 4 is 17.6 Å². The van der Waals surface area contributed by atoms with Crippen LogP contribution in [0.4, 0.5) is 0 Å². The molecule has 0 saturated carbocycles. The fourth-order valence-corrected chi connectivity index (χ4v) is 3.29. The minimum absolute atomic E-state index is 0.0592. The van der Waals surface area contributed by atoms with E-state index in [1.165, 1.54) is 5.01 Å². The molecule has 0 radical (unpaired) electrons. The summed E-state index contributed by atoms with van der Waals surface area (Å²) in [4.78, 5) is 23.5. The minimum atomic E-state index is -0.924. The van der Waals surface area contributed by atoms with E-state index < -0.39 is 5.97 Å². The molecule has 2 aromatic rings. The third-order valence-electron chi connectivity index (χ3n) is 4.75. The van der Waals surface area contributed by atoms with Crippen molar-refractivity contribution in [3.8, 4) is 11.5 Å². The first-order valence-electron chi connectivity index (χ1n) is 9.33. The number of nitrogens with zero attached hydrogens (tertiary/aromatic N) is 2. The molecule has 154 valence electrons. The van der Waals surface area contributed by atoms with Gasteiger partial charge in [-0.25, -0.2) is 5.01 Å². The van der Waals surface area contributed by atoms with Crippen LogP contribution in [0.3, 0.4) is 0 Å². The Hall–Kier alpha value is -3.29. The zero-order valence-electron chi connectivity index (χ0n) is 16.7. The summed E-state index contributed by atoms with van der Waals surface area (Å²) in [6, 6.07) is 8.79. The van der Waals surface area contributed by atoms with Gasteiger partial charge < -0.3 is 19.0 Å². The van der Waals surface area contributed by atoms with Gasteiger partial charge in [-0.3, -0.25) is 9.59 Å². The molecule has 1 N–H and O–H groups in total. The van der Waals surface area contributed by atoms with E-state index in [-0.39, 0.29) is 31.2 Å². The summed E-state index contributed by atoms with van der Waals surface area (Å²) < 4.78 is 16.4. The smallest absolute Gasteiger partial charge is 0.303 e. The zero-order chi connectivity index (χ0) is 21.0. The summed E-state index contributed by atoms with van der Waals surface area (Å²) in [5, 5.41) is 14.8. The van der Waals surface area contributed by atoms with Crippen molar-refractivity contribution in [3.05, 3.63) is 47.4 Å². The third kappa shape index (κ3) is 4.59. The number of carbonyl (C=O) groups excluding carboxylic acids is 1.